The molecule has 1 unspecified atom stereocenters. The monoisotopic (exact) mass is 584 g/mol. The summed E-state index contributed by atoms with van der Waals surface area (Å²) >= 11 is 7.19. The number of fused-ring (bicyclic) bond motifs is 1. The summed E-state index contributed by atoms with van der Waals surface area (Å²) in [5.41, 5.74) is 2.17. The molecule has 210 valence electrons. The fourth-order valence-electron chi connectivity index (χ4n) is 5.17. The van der Waals surface area contributed by atoms with E-state index < -0.39 is 17.8 Å². The van der Waals surface area contributed by atoms with Crippen LogP contribution in [0.5, 0.6) is 0 Å². The SMILES string of the molecule is CSNC(=O)c1nc(Cl)ccc1NC(C)c1cc(F)cc2c(=O)n(C)c(N3CCC(c4ccn(C)n4)CC3)nc12. The number of pyridine rings is 1. The molecule has 4 heterocycles. The van der Waals surface area contributed by atoms with Gasteiger partial charge in [0.15, 0.2) is 5.69 Å². The lowest BCUT2D eigenvalue weighted by molar-refractivity contribution is 0.0980. The Bertz CT molecular complexity index is 1630. The molecule has 4 aromatic rings. The van der Waals surface area contributed by atoms with Gasteiger partial charge >= 0.3 is 0 Å². The van der Waals surface area contributed by atoms with Gasteiger partial charge in [-0.2, -0.15) is 5.10 Å². The van der Waals surface area contributed by atoms with Crippen LogP contribution in [0.25, 0.3) is 10.9 Å². The van der Waals surface area contributed by atoms with Gasteiger partial charge in [-0.25, -0.2) is 14.4 Å². The number of piperidine rings is 1. The van der Waals surface area contributed by atoms with Crippen LogP contribution < -0.4 is 20.5 Å². The van der Waals surface area contributed by atoms with Gasteiger partial charge in [-0.3, -0.25) is 23.6 Å². The summed E-state index contributed by atoms with van der Waals surface area (Å²) in [4.78, 5) is 37.2. The Morgan fingerprint density at radius 3 is 2.60 bits per heavy atom. The molecule has 40 heavy (non-hydrogen) atoms. The van der Waals surface area contributed by atoms with Crippen molar-refractivity contribution >= 4 is 52.0 Å². The van der Waals surface area contributed by atoms with E-state index in [1.807, 2.05) is 30.9 Å². The van der Waals surface area contributed by atoms with Gasteiger partial charge < -0.3 is 10.2 Å². The van der Waals surface area contributed by atoms with Crippen molar-refractivity contribution in [2.45, 2.75) is 31.7 Å². The molecule has 1 amide bonds. The summed E-state index contributed by atoms with van der Waals surface area (Å²) in [7, 11) is 3.57. The number of aryl methyl sites for hydroxylation is 1. The molecule has 5 rings (SSSR count). The van der Waals surface area contributed by atoms with Crippen molar-refractivity contribution in [1.82, 2.24) is 29.0 Å². The van der Waals surface area contributed by atoms with Gasteiger partial charge in [-0.05, 0) is 50.1 Å². The first-order chi connectivity index (χ1) is 19.2. The summed E-state index contributed by atoms with van der Waals surface area (Å²) in [5.74, 6) is -0.0923. The molecule has 13 heteroatoms. The number of halogens is 2. The normalized spacial score (nSPS) is 14.9. The highest BCUT2D eigenvalue weighted by Crippen LogP contribution is 2.31. The molecule has 0 aliphatic carbocycles. The van der Waals surface area contributed by atoms with Crippen LogP contribution in [0.4, 0.5) is 16.0 Å². The van der Waals surface area contributed by atoms with Crippen molar-refractivity contribution in [1.29, 1.82) is 0 Å². The van der Waals surface area contributed by atoms with Gasteiger partial charge in [-0.15, -0.1) is 0 Å². The van der Waals surface area contributed by atoms with Crippen LogP contribution in [0.3, 0.4) is 0 Å². The second-order valence-electron chi connectivity index (χ2n) is 9.87. The first-order valence-electron chi connectivity index (χ1n) is 12.9. The summed E-state index contributed by atoms with van der Waals surface area (Å²) in [6, 6.07) is 7.33. The number of carbonyl (C=O) groups is 1. The minimum Gasteiger partial charge on any atom is -0.377 e. The molecule has 0 saturated carbocycles. The summed E-state index contributed by atoms with van der Waals surface area (Å²) in [5, 5.41) is 8.16. The van der Waals surface area contributed by atoms with Crippen LogP contribution in [0.15, 0.2) is 41.3 Å². The zero-order valence-electron chi connectivity index (χ0n) is 22.6. The number of hydrogen-bond acceptors (Lipinski definition) is 8. The molecule has 3 aromatic heterocycles. The van der Waals surface area contributed by atoms with E-state index in [-0.39, 0.29) is 21.8 Å². The minimum atomic E-state index is -0.548. The van der Waals surface area contributed by atoms with Crippen molar-refractivity contribution in [3.8, 4) is 0 Å². The number of nitrogens with one attached hydrogen (secondary N) is 2. The average molecular weight is 585 g/mol. The molecule has 0 bridgehead atoms. The zero-order chi connectivity index (χ0) is 28.6. The minimum absolute atomic E-state index is 0.106. The molecule has 2 N–H and O–H groups in total. The topological polar surface area (TPSA) is 110 Å². The molecule has 0 spiro atoms. The Kier molecular flexibility index (Phi) is 7.99. The Morgan fingerprint density at radius 1 is 1.18 bits per heavy atom. The smallest absolute Gasteiger partial charge is 0.281 e. The number of rotatable bonds is 7. The lowest BCUT2D eigenvalue weighted by Crippen LogP contribution is -2.38. The van der Waals surface area contributed by atoms with Crippen molar-refractivity contribution in [2.24, 2.45) is 14.1 Å². The van der Waals surface area contributed by atoms with E-state index in [1.165, 1.54) is 16.7 Å². The van der Waals surface area contributed by atoms with Gasteiger partial charge in [0, 0.05) is 51.1 Å². The number of anilines is 2. The first-order valence-corrected chi connectivity index (χ1v) is 14.5. The van der Waals surface area contributed by atoms with E-state index in [2.05, 4.69) is 25.0 Å². The van der Waals surface area contributed by atoms with Gasteiger partial charge in [0.25, 0.3) is 11.5 Å². The molecule has 10 nitrogen and oxygen atoms in total. The third kappa shape index (κ3) is 5.50. The second kappa shape index (κ2) is 11.5. The summed E-state index contributed by atoms with van der Waals surface area (Å²) in [6.07, 6.45) is 5.43. The Hall–Kier alpha value is -3.64. The molecule has 1 saturated heterocycles. The van der Waals surface area contributed by atoms with Crippen LogP contribution in [-0.2, 0) is 14.1 Å². The molecular formula is C27H30ClFN8O2S. The van der Waals surface area contributed by atoms with Crippen molar-refractivity contribution in [3.63, 3.8) is 0 Å². The van der Waals surface area contributed by atoms with E-state index in [0.717, 1.165) is 30.5 Å². The van der Waals surface area contributed by atoms with Crippen LogP contribution in [0.1, 0.15) is 53.5 Å². The van der Waals surface area contributed by atoms with E-state index in [1.54, 1.807) is 25.4 Å². The molecular weight excluding hydrogens is 555 g/mol. The van der Waals surface area contributed by atoms with Gasteiger partial charge in [0.1, 0.15) is 11.0 Å². The van der Waals surface area contributed by atoms with Crippen LogP contribution in [-0.4, -0.2) is 49.6 Å². The highest BCUT2D eigenvalue weighted by molar-refractivity contribution is 7.97. The fraction of sp³-hybridized carbons (Fsp3) is 0.370. The Balaban J connectivity index is 1.49. The van der Waals surface area contributed by atoms with Gasteiger partial charge in [-0.1, -0.05) is 23.5 Å². The lowest BCUT2D eigenvalue weighted by atomic mass is 9.94. The van der Waals surface area contributed by atoms with Gasteiger partial charge in [0.2, 0.25) is 5.95 Å². The lowest BCUT2D eigenvalue weighted by Gasteiger charge is -2.33. The first kappa shape index (κ1) is 27.9. The average Bonchev–Trinajstić information content (AvgIpc) is 3.38. The van der Waals surface area contributed by atoms with E-state index in [4.69, 9.17) is 16.6 Å². The molecule has 1 atom stereocenters. The third-order valence-electron chi connectivity index (χ3n) is 7.19. The second-order valence-corrected chi connectivity index (χ2v) is 10.9. The molecule has 1 fully saturated rings. The van der Waals surface area contributed by atoms with Gasteiger partial charge in [0.05, 0.1) is 28.3 Å². The highest BCUT2D eigenvalue weighted by Gasteiger charge is 2.26. The van der Waals surface area contributed by atoms with Crippen LogP contribution in [0.2, 0.25) is 5.15 Å². The van der Waals surface area contributed by atoms with E-state index in [9.17, 15) is 14.0 Å². The van der Waals surface area contributed by atoms with Crippen molar-refractivity contribution in [2.75, 3.05) is 29.6 Å². The number of benzene rings is 1. The maximum atomic E-state index is 14.8. The molecule has 1 aliphatic heterocycles. The zero-order valence-corrected chi connectivity index (χ0v) is 24.2. The van der Waals surface area contributed by atoms with Crippen LogP contribution >= 0.6 is 23.5 Å². The number of aromatic nitrogens is 5. The molecule has 1 aromatic carbocycles. The van der Waals surface area contributed by atoms with Crippen molar-refractivity contribution in [3.05, 3.63) is 74.8 Å². The third-order valence-corrected chi connectivity index (χ3v) is 7.79. The highest BCUT2D eigenvalue weighted by atomic mass is 35.5. The van der Waals surface area contributed by atoms with Crippen LogP contribution in [0, 0.1) is 5.82 Å². The number of amides is 1. The number of hydrogen-bond donors (Lipinski definition) is 2. The number of nitrogens with zero attached hydrogens (tertiary/aromatic N) is 6. The van der Waals surface area contributed by atoms with E-state index in [0.29, 0.717) is 41.7 Å². The largest absolute Gasteiger partial charge is 0.377 e. The summed E-state index contributed by atoms with van der Waals surface area (Å²) in [6.45, 7) is 3.24. The Labute approximate surface area is 240 Å². The standard InChI is InChI=1S/C27H30ClFN8O2S/c1-15(30-21-5-6-22(28)31-24(21)25(38)34-40-4)18-13-17(29)14-19-23(18)32-27(36(3)26(19)39)37-11-7-16(8-12-37)20-9-10-35(2)33-20/h5-6,9-10,13-16,30H,7-8,11-12H2,1-4H3,(H,34,38). The fourth-order valence-corrected chi connectivity index (χ4v) is 5.60. The Morgan fingerprint density at radius 2 is 1.93 bits per heavy atom. The molecule has 1 aliphatic rings. The summed E-state index contributed by atoms with van der Waals surface area (Å²) < 4.78 is 20.7. The molecule has 0 radical (unpaired) electrons. The number of carbonyl (C=O) groups excluding carboxylic acids is 1. The van der Waals surface area contributed by atoms with Crippen molar-refractivity contribution < 1.29 is 9.18 Å². The predicted octanol–water partition coefficient (Wildman–Crippen LogP) is 4.42. The van der Waals surface area contributed by atoms with E-state index >= 15 is 0 Å². The quantitative estimate of drug-likeness (QED) is 0.243. The maximum absolute atomic E-state index is 14.8. The maximum Gasteiger partial charge on any atom is 0.281 e. The predicted molar refractivity (Wildman–Crippen MR) is 157 cm³/mol.